The molecule has 1 aromatic rings. The summed E-state index contributed by atoms with van der Waals surface area (Å²) in [5.41, 5.74) is 1.20. The lowest BCUT2D eigenvalue weighted by Gasteiger charge is -2.25. The molecule has 0 heterocycles. The summed E-state index contributed by atoms with van der Waals surface area (Å²) < 4.78 is 5.37. The van der Waals surface area contributed by atoms with Gasteiger partial charge in [0.05, 0.1) is 0 Å². The first-order chi connectivity index (χ1) is 7.38. The second-order valence-electron chi connectivity index (χ2n) is 5.27. The number of rotatable bonds is 3. The molecule has 0 aromatic heterocycles. The van der Waals surface area contributed by atoms with Crippen LogP contribution in [0.5, 0.6) is 0 Å². The summed E-state index contributed by atoms with van der Waals surface area (Å²) in [6.07, 6.45) is 0.690. The van der Waals surface area contributed by atoms with Gasteiger partial charge in [-0.2, -0.15) is 0 Å². The first kappa shape index (κ1) is 12.8. The van der Waals surface area contributed by atoms with Gasteiger partial charge in [0.25, 0.3) is 0 Å². The third-order valence-corrected chi connectivity index (χ3v) is 2.28. The van der Waals surface area contributed by atoms with Gasteiger partial charge in [-0.05, 0) is 17.4 Å². The highest BCUT2D eigenvalue weighted by Gasteiger charge is 2.22. The zero-order chi connectivity index (χ0) is 12.2. The number of carbonyl (C=O) groups is 1. The topological polar surface area (TPSA) is 26.3 Å². The molecule has 0 aliphatic heterocycles. The largest absolute Gasteiger partial charge is 0.458 e. The molecular formula is C14H20O2. The predicted molar refractivity (Wildman–Crippen MR) is 65.0 cm³/mol. The fourth-order valence-electron chi connectivity index (χ4n) is 1.65. The molecule has 0 saturated carbocycles. The van der Waals surface area contributed by atoms with E-state index >= 15 is 0 Å². The molecule has 0 saturated heterocycles. The number of benzene rings is 1. The van der Waals surface area contributed by atoms with Crippen molar-refractivity contribution in [3.63, 3.8) is 0 Å². The third-order valence-electron chi connectivity index (χ3n) is 2.28. The van der Waals surface area contributed by atoms with Crippen LogP contribution in [-0.4, -0.2) is 5.97 Å². The van der Waals surface area contributed by atoms with Crippen LogP contribution >= 0.6 is 0 Å². The summed E-state index contributed by atoms with van der Waals surface area (Å²) in [6.45, 7) is 7.89. The van der Waals surface area contributed by atoms with E-state index in [0.717, 1.165) is 12.0 Å². The van der Waals surface area contributed by atoms with Gasteiger partial charge in [0.15, 0.2) is 0 Å². The average Bonchev–Trinajstić information content (AvgIpc) is 2.15. The summed E-state index contributed by atoms with van der Waals surface area (Å²) in [7, 11) is 0. The maximum Gasteiger partial charge on any atom is 0.303 e. The van der Waals surface area contributed by atoms with Gasteiger partial charge in [0.2, 0.25) is 0 Å². The maximum atomic E-state index is 11.1. The van der Waals surface area contributed by atoms with Crippen molar-refractivity contribution in [1.82, 2.24) is 0 Å². The summed E-state index contributed by atoms with van der Waals surface area (Å²) in [5, 5.41) is 0. The van der Waals surface area contributed by atoms with Gasteiger partial charge in [-0.15, -0.1) is 0 Å². The first-order valence-electron chi connectivity index (χ1n) is 5.61. The second-order valence-corrected chi connectivity index (χ2v) is 5.27. The molecule has 2 nitrogen and oxygen atoms in total. The highest BCUT2D eigenvalue weighted by atomic mass is 16.5. The minimum atomic E-state index is -0.224. The quantitative estimate of drug-likeness (QED) is 0.725. The van der Waals surface area contributed by atoms with Gasteiger partial charge < -0.3 is 4.74 Å². The van der Waals surface area contributed by atoms with Crippen LogP contribution in [0.15, 0.2) is 30.3 Å². The summed E-state index contributed by atoms with van der Waals surface area (Å²) in [5.74, 6) is -0.224. The molecular weight excluding hydrogens is 200 g/mol. The van der Waals surface area contributed by atoms with E-state index in [4.69, 9.17) is 4.74 Å². The van der Waals surface area contributed by atoms with E-state index in [-0.39, 0.29) is 17.5 Å². The second kappa shape index (κ2) is 5.15. The molecule has 88 valence electrons. The van der Waals surface area contributed by atoms with Crippen LogP contribution in [0.2, 0.25) is 0 Å². The Balaban J connectivity index is 2.84. The van der Waals surface area contributed by atoms with Crippen LogP contribution < -0.4 is 0 Å². The van der Waals surface area contributed by atoms with Gasteiger partial charge in [0.1, 0.15) is 6.10 Å². The van der Waals surface area contributed by atoms with Crippen molar-refractivity contribution in [3.05, 3.63) is 35.9 Å². The van der Waals surface area contributed by atoms with Crippen molar-refractivity contribution in [3.8, 4) is 0 Å². The minimum absolute atomic E-state index is 0.135. The third kappa shape index (κ3) is 4.47. The number of ether oxygens (including phenoxy) is 1. The molecule has 1 atom stereocenters. The zero-order valence-electron chi connectivity index (χ0n) is 10.5. The van der Waals surface area contributed by atoms with E-state index in [0.29, 0.717) is 0 Å². The molecule has 0 bridgehead atoms. The first-order valence-corrected chi connectivity index (χ1v) is 5.61. The van der Waals surface area contributed by atoms with E-state index in [1.807, 2.05) is 30.3 Å². The Morgan fingerprint density at radius 3 is 2.25 bits per heavy atom. The minimum Gasteiger partial charge on any atom is -0.458 e. The van der Waals surface area contributed by atoms with E-state index in [1.54, 1.807) is 0 Å². The van der Waals surface area contributed by atoms with Gasteiger partial charge >= 0.3 is 5.97 Å². The smallest absolute Gasteiger partial charge is 0.303 e. The molecule has 2 heteroatoms. The maximum absolute atomic E-state index is 11.1. The van der Waals surface area contributed by atoms with Crippen LogP contribution in [-0.2, 0) is 9.53 Å². The predicted octanol–water partition coefficient (Wildman–Crippen LogP) is 3.73. The van der Waals surface area contributed by atoms with Crippen molar-refractivity contribution in [1.29, 1.82) is 0 Å². The molecule has 0 radical (unpaired) electrons. The van der Waals surface area contributed by atoms with Crippen LogP contribution in [0.1, 0.15) is 45.8 Å². The van der Waals surface area contributed by atoms with Gasteiger partial charge in [-0.25, -0.2) is 0 Å². The zero-order valence-corrected chi connectivity index (χ0v) is 10.5. The lowest BCUT2D eigenvalue weighted by atomic mass is 9.87. The molecule has 1 rings (SSSR count). The van der Waals surface area contributed by atoms with Crippen LogP contribution in [0.3, 0.4) is 0 Å². The van der Waals surface area contributed by atoms with Gasteiger partial charge in [0, 0.05) is 6.92 Å². The van der Waals surface area contributed by atoms with Crippen molar-refractivity contribution < 1.29 is 9.53 Å². The Kier molecular flexibility index (Phi) is 4.11. The van der Waals surface area contributed by atoms with Crippen LogP contribution in [0, 0.1) is 5.41 Å². The summed E-state index contributed by atoms with van der Waals surface area (Å²) >= 11 is 0. The molecule has 0 N–H and O–H groups in total. The van der Waals surface area contributed by atoms with Crippen LogP contribution in [0.4, 0.5) is 0 Å². The van der Waals surface area contributed by atoms with Crippen molar-refractivity contribution in [2.45, 2.75) is 40.2 Å². The molecule has 0 aliphatic carbocycles. The van der Waals surface area contributed by atoms with E-state index in [1.165, 1.54) is 6.92 Å². The van der Waals surface area contributed by atoms with Crippen molar-refractivity contribution in [2.75, 3.05) is 0 Å². The number of hydrogen-bond acceptors (Lipinski definition) is 2. The molecule has 16 heavy (non-hydrogen) atoms. The molecule has 0 spiro atoms. The van der Waals surface area contributed by atoms with E-state index < -0.39 is 0 Å². The normalized spacial score (nSPS) is 13.2. The highest BCUT2D eigenvalue weighted by Crippen LogP contribution is 2.31. The molecule has 0 fully saturated rings. The molecule has 0 amide bonds. The van der Waals surface area contributed by atoms with Gasteiger partial charge in [-0.3, -0.25) is 4.79 Å². The SMILES string of the molecule is CC(=O)O[C@@H](CC(C)(C)C)c1ccccc1. The lowest BCUT2D eigenvalue weighted by Crippen LogP contribution is -2.16. The average molecular weight is 220 g/mol. The molecule has 0 unspecified atom stereocenters. The Labute approximate surface area is 97.6 Å². The monoisotopic (exact) mass is 220 g/mol. The van der Waals surface area contributed by atoms with Crippen molar-refractivity contribution in [2.24, 2.45) is 5.41 Å². The lowest BCUT2D eigenvalue weighted by molar-refractivity contribution is -0.148. The Bertz CT molecular complexity index is 336. The molecule has 0 aliphatic rings. The van der Waals surface area contributed by atoms with E-state index in [2.05, 4.69) is 20.8 Å². The Hall–Kier alpha value is -1.31. The Morgan fingerprint density at radius 2 is 1.81 bits per heavy atom. The standard InChI is InChI=1S/C14H20O2/c1-11(15)16-13(10-14(2,3)4)12-8-6-5-7-9-12/h5-9,13H,10H2,1-4H3/t13-/m0/s1. The number of esters is 1. The van der Waals surface area contributed by atoms with Crippen LogP contribution in [0.25, 0.3) is 0 Å². The fourth-order valence-corrected chi connectivity index (χ4v) is 1.65. The summed E-state index contributed by atoms with van der Waals surface area (Å²) in [4.78, 5) is 11.1. The summed E-state index contributed by atoms with van der Waals surface area (Å²) in [6, 6.07) is 9.90. The van der Waals surface area contributed by atoms with Crippen molar-refractivity contribution >= 4 is 5.97 Å². The highest BCUT2D eigenvalue weighted by molar-refractivity contribution is 5.66. The van der Waals surface area contributed by atoms with E-state index in [9.17, 15) is 4.79 Å². The number of hydrogen-bond donors (Lipinski definition) is 0. The van der Waals surface area contributed by atoms with Gasteiger partial charge in [-0.1, -0.05) is 51.1 Å². The Morgan fingerprint density at radius 1 is 1.25 bits per heavy atom. The molecule has 1 aromatic carbocycles. The fraction of sp³-hybridized carbons (Fsp3) is 0.500. The number of carbonyl (C=O) groups excluding carboxylic acids is 1.